The number of nitrogens with two attached hydrogens (primary N) is 1. The van der Waals surface area contributed by atoms with Crippen molar-refractivity contribution in [1.29, 1.82) is 0 Å². The summed E-state index contributed by atoms with van der Waals surface area (Å²) in [5.74, 6) is -3.52. The summed E-state index contributed by atoms with van der Waals surface area (Å²) in [4.78, 5) is 89.0. The van der Waals surface area contributed by atoms with Gasteiger partial charge in [0.15, 0.2) is 11.5 Å². The van der Waals surface area contributed by atoms with E-state index in [9.17, 15) is 29.1 Å². The van der Waals surface area contributed by atoms with Crippen molar-refractivity contribution in [3.8, 4) is 21.7 Å². The van der Waals surface area contributed by atoms with E-state index < -0.39 is 41.1 Å². The minimum Gasteiger partial charge on any atom is -0.391 e. The molecule has 1 saturated carbocycles. The van der Waals surface area contributed by atoms with Crippen LogP contribution in [0.15, 0.2) is 83.4 Å². The van der Waals surface area contributed by atoms with Crippen LogP contribution in [0.5, 0.6) is 0 Å². The lowest BCUT2D eigenvalue weighted by Crippen LogP contribution is -2.61. The minimum atomic E-state index is -1.75. The smallest absolute Gasteiger partial charge is 0.254 e. The topological polar surface area (TPSA) is 275 Å². The molecule has 3 fully saturated rings. The molecule has 0 spiro atoms. The highest BCUT2D eigenvalue weighted by Crippen LogP contribution is 2.47. The third kappa shape index (κ3) is 12.4. The number of carbonyl (C=O) groups is 5. The lowest BCUT2D eigenvalue weighted by atomic mass is 9.73. The number of β-amino-alcohol motifs (C(OH)–C–C–N with tert-alkyl or cyclic N) is 1. The maximum Gasteiger partial charge on any atom is 0.254 e. The molecule has 0 bridgehead atoms. The van der Waals surface area contributed by atoms with E-state index in [4.69, 9.17) is 15.2 Å². The summed E-state index contributed by atoms with van der Waals surface area (Å²) < 4.78 is 23.2. The molecular formula is C58H69FN14O7S. The van der Waals surface area contributed by atoms with Crippen LogP contribution < -0.4 is 21.7 Å². The van der Waals surface area contributed by atoms with Gasteiger partial charge in [0.2, 0.25) is 23.6 Å². The molecule has 21 nitrogen and oxygen atoms in total. The van der Waals surface area contributed by atoms with Crippen LogP contribution in [0.3, 0.4) is 0 Å². The fourth-order valence-corrected chi connectivity index (χ4v) is 12.2. The summed E-state index contributed by atoms with van der Waals surface area (Å²) in [6.07, 6.45) is 10.8. The van der Waals surface area contributed by atoms with Crippen LogP contribution in [0, 0.1) is 25.6 Å². The number of halogens is 1. The number of carbonyl (C=O) groups excluding carboxylic acids is 5. The summed E-state index contributed by atoms with van der Waals surface area (Å²) in [6, 6.07) is 13.6. The fraction of sp³-hybridized carbons (Fsp3) is 0.448. The van der Waals surface area contributed by atoms with Crippen molar-refractivity contribution >= 4 is 58.0 Å². The number of unbranched alkanes of at least 4 members (excludes halogenated alkanes) is 3. The Morgan fingerprint density at radius 1 is 0.926 bits per heavy atom. The molecule has 1 aliphatic carbocycles. The number of likely N-dealkylation sites (tertiary alicyclic amines) is 1. The molecule has 5 amide bonds. The number of imidazole rings is 1. The third-order valence-electron chi connectivity index (χ3n) is 15.8. The Morgan fingerprint density at radius 2 is 1.67 bits per heavy atom. The molecule has 23 heteroatoms. The second kappa shape index (κ2) is 24.5. The van der Waals surface area contributed by atoms with Crippen LogP contribution in [0.1, 0.15) is 122 Å². The van der Waals surface area contributed by atoms with Gasteiger partial charge in [-0.1, -0.05) is 56.1 Å². The zero-order valence-corrected chi connectivity index (χ0v) is 46.8. The largest absolute Gasteiger partial charge is 0.391 e. The predicted octanol–water partition coefficient (Wildman–Crippen LogP) is 6.59. The number of thiazole rings is 1. The highest BCUT2D eigenvalue weighted by Gasteiger charge is 2.59. The molecule has 3 aliphatic rings. The molecule has 2 aliphatic heterocycles. The number of benzene rings is 2. The average molecular weight is 1130 g/mol. The molecule has 7 aromatic rings. The second-order valence-electron chi connectivity index (χ2n) is 21.9. The zero-order chi connectivity index (χ0) is 57.0. The van der Waals surface area contributed by atoms with E-state index in [2.05, 4.69) is 41.3 Å². The lowest BCUT2D eigenvalue weighted by molar-refractivity contribution is -0.148. The van der Waals surface area contributed by atoms with E-state index in [-0.39, 0.29) is 60.8 Å². The molecule has 426 valence electrons. The maximum absolute atomic E-state index is 15.7. The molecule has 5 aromatic heterocycles. The normalized spacial score (nSPS) is 18.3. The number of rotatable bonds is 23. The van der Waals surface area contributed by atoms with E-state index in [1.165, 1.54) is 22.3 Å². The number of aryl methyl sites for hydroxylation is 2. The van der Waals surface area contributed by atoms with E-state index in [0.717, 1.165) is 65.2 Å². The summed E-state index contributed by atoms with van der Waals surface area (Å²) in [5, 5.41) is 31.3. The van der Waals surface area contributed by atoms with Crippen LogP contribution in [0.25, 0.3) is 27.3 Å². The first-order valence-corrected chi connectivity index (χ1v) is 28.7. The number of aliphatic hydroxyl groups is 1. The Hall–Kier alpha value is -7.89. The SMILES string of the molecule is Cc1cc([C@H](C(=O)N2CC(O)CC2(C(N)=O)[C@@H](CC(=O)NCCCCCCNC(=O)CN2CCN(C(=O)c3ccc(Nc4nc(C5CC5)cn5c(-c6cn[nH]c6)cnc45)c(F)c3)CC2)c2ccc(-c3scnc3C)cc2)C(C)C)on1. The first-order valence-electron chi connectivity index (χ1n) is 27.8. The lowest BCUT2D eigenvalue weighted by Gasteiger charge is -2.43. The molecule has 2 saturated heterocycles. The van der Waals surface area contributed by atoms with Gasteiger partial charge in [0.1, 0.15) is 23.0 Å². The minimum absolute atomic E-state index is 0.117. The van der Waals surface area contributed by atoms with Crippen molar-refractivity contribution in [1.82, 2.24) is 60.0 Å². The van der Waals surface area contributed by atoms with Gasteiger partial charge >= 0.3 is 0 Å². The Kier molecular flexibility index (Phi) is 17.0. The van der Waals surface area contributed by atoms with Gasteiger partial charge in [-0.05, 0) is 74.8 Å². The van der Waals surface area contributed by atoms with Gasteiger partial charge in [-0.25, -0.2) is 19.3 Å². The number of aromatic amines is 1. The van der Waals surface area contributed by atoms with Crippen LogP contribution in [0.4, 0.5) is 15.9 Å². The standard InChI is InChI=1S/C58H69FN14O7S/c1-34(2)51(48-23-35(3)69-80-48)56(78)73-30-42(74)26-58(73,57(60)79)43(37-9-13-39(14-10-37)52-36(4)64-33-81-52)25-49(75)61-17-7-5-6-8-18-62-50(76)32-70-19-21-71(22-20-70)55(77)40-15-16-45(44(59)24-40)67-53-54-63-29-47(41-27-65-66-28-41)72(54)31-46(68-53)38-11-12-38/h9-10,13-16,23-24,27-29,31,33-34,38,42-43,51,74H,5-8,11-12,17-22,25-26,30,32H2,1-4H3,(H2,60,79)(H,61,75)(H,62,76)(H,65,66)(H,67,68)/t42?,43-,51+,58?/m0/s1. The second-order valence-corrected chi connectivity index (χ2v) is 22.8. The molecule has 2 unspecified atom stereocenters. The summed E-state index contributed by atoms with van der Waals surface area (Å²) in [6.45, 7) is 10.0. The van der Waals surface area contributed by atoms with Gasteiger partial charge in [0.05, 0.1) is 63.9 Å². The van der Waals surface area contributed by atoms with Crippen LogP contribution >= 0.6 is 11.3 Å². The number of hydrogen-bond acceptors (Lipinski definition) is 15. The number of nitrogens with one attached hydrogen (secondary N) is 4. The monoisotopic (exact) mass is 1120 g/mol. The van der Waals surface area contributed by atoms with E-state index in [1.54, 1.807) is 54.1 Å². The van der Waals surface area contributed by atoms with Gasteiger partial charge in [0, 0.05) is 100 Å². The number of hydrogen-bond donors (Lipinski definition) is 6. The molecule has 0 radical (unpaired) electrons. The average Bonchev–Trinajstić information content (AvgIpc) is 3.58. The molecule has 7 heterocycles. The first-order chi connectivity index (χ1) is 39.1. The number of amides is 5. The van der Waals surface area contributed by atoms with Crippen molar-refractivity contribution in [2.75, 3.05) is 57.7 Å². The van der Waals surface area contributed by atoms with Gasteiger partial charge in [-0.3, -0.25) is 38.4 Å². The molecule has 2 aromatic carbocycles. The zero-order valence-electron chi connectivity index (χ0n) is 46.0. The number of aromatic nitrogens is 7. The molecule has 81 heavy (non-hydrogen) atoms. The van der Waals surface area contributed by atoms with Crippen molar-refractivity contribution < 1.29 is 38.0 Å². The number of fused-ring (bicyclic) bond motifs is 1. The maximum atomic E-state index is 15.7. The summed E-state index contributed by atoms with van der Waals surface area (Å²) in [5.41, 5.74) is 12.9. The molecule has 10 rings (SSSR count). The number of H-pyrrole nitrogens is 1. The molecule has 4 atom stereocenters. The predicted molar refractivity (Wildman–Crippen MR) is 302 cm³/mol. The highest BCUT2D eigenvalue weighted by atomic mass is 32.1. The van der Waals surface area contributed by atoms with E-state index in [1.807, 2.05) is 60.5 Å². The Balaban J connectivity index is 0.674. The quantitative estimate of drug-likeness (QED) is 0.0369. The van der Waals surface area contributed by atoms with Crippen molar-refractivity contribution in [2.24, 2.45) is 11.7 Å². The van der Waals surface area contributed by atoms with Crippen LogP contribution in [-0.2, 0) is 19.2 Å². The van der Waals surface area contributed by atoms with Gasteiger partial charge in [0.25, 0.3) is 5.91 Å². The Labute approximate surface area is 472 Å². The molecule has 7 N–H and O–H groups in total. The third-order valence-corrected chi connectivity index (χ3v) is 16.8. The summed E-state index contributed by atoms with van der Waals surface area (Å²) in [7, 11) is 0. The van der Waals surface area contributed by atoms with E-state index >= 15 is 4.39 Å². The molecular weight excluding hydrogens is 1060 g/mol. The van der Waals surface area contributed by atoms with E-state index in [0.29, 0.717) is 80.1 Å². The fourth-order valence-electron chi connectivity index (χ4n) is 11.4. The number of piperazine rings is 1. The van der Waals surface area contributed by atoms with Gasteiger partial charge in [-0.15, -0.1) is 11.3 Å². The van der Waals surface area contributed by atoms with Crippen LogP contribution in [-0.4, -0.2) is 148 Å². The number of aliphatic hydroxyl groups excluding tert-OH is 1. The number of primary amides is 1. The number of nitrogens with zero attached hydrogens (tertiary/aromatic N) is 9. The van der Waals surface area contributed by atoms with Gasteiger partial charge < -0.3 is 41.1 Å². The Bertz CT molecular complexity index is 3390. The van der Waals surface area contributed by atoms with Gasteiger partial charge in [-0.2, -0.15) is 5.10 Å². The van der Waals surface area contributed by atoms with Crippen LogP contribution in [0.2, 0.25) is 0 Å². The first kappa shape index (κ1) is 56.4. The van der Waals surface area contributed by atoms with Crippen molar-refractivity contribution in [3.63, 3.8) is 0 Å². The van der Waals surface area contributed by atoms with Crippen molar-refractivity contribution in [3.05, 3.63) is 119 Å². The highest BCUT2D eigenvalue weighted by molar-refractivity contribution is 7.13. The Morgan fingerprint density at radius 3 is 2.30 bits per heavy atom. The number of anilines is 2. The summed E-state index contributed by atoms with van der Waals surface area (Å²) >= 11 is 1.50. The van der Waals surface area contributed by atoms with Crippen molar-refractivity contribution in [2.45, 2.75) is 108 Å².